The van der Waals surface area contributed by atoms with Gasteiger partial charge in [0.1, 0.15) is 12.4 Å². The maximum Gasteiger partial charge on any atom is 0.329 e. The van der Waals surface area contributed by atoms with Crippen molar-refractivity contribution in [2.75, 3.05) is 6.54 Å². The van der Waals surface area contributed by atoms with Crippen LogP contribution in [0.25, 0.3) is 0 Å². The highest BCUT2D eigenvalue weighted by Crippen LogP contribution is 2.18. The molecule has 134 valence electrons. The zero-order chi connectivity index (χ0) is 18.8. The molecule has 7 heteroatoms. The zero-order valence-corrected chi connectivity index (χ0v) is 14.7. The molecule has 0 spiro atoms. The molecule has 0 aliphatic carbocycles. The Morgan fingerprint density at radius 2 is 1.85 bits per heavy atom. The van der Waals surface area contributed by atoms with Crippen molar-refractivity contribution in [3.05, 3.63) is 77.3 Å². The van der Waals surface area contributed by atoms with Gasteiger partial charge in [0.2, 0.25) is 0 Å². The Balaban J connectivity index is 1.95. The van der Waals surface area contributed by atoms with Gasteiger partial charge >= 0.3 is 11.8 Å². The third-order valence-corrected chi connectivity index (χ3v) is 3.46. The first kappa shape index (κ1) is 19.2. The molecule has 2 aromatic rings. The van der Waals surface area contributed by atoms with E-state index in [-0.39, 0.29) is 6.54 Å². The van der Waals surface area contributed by atoms with Crippen molar-refractivity contribution in [1.29, 1.82) is 0 Å². The summed E-state index contributed by atoms with van der Waals surface area (Å²) in [6, 6.07) is 14.6. The molecule has 26 heavy (non-hydrogen) atoms. The maximum atomic E-state index is 11.5. The fourth-order valence-corrected chi connectivity index (χ4v) is 2.04. The van der Waals surface area contributed by atoms with Gasteiger partial charge < -0.3 is 10.1 Å². The smallest absolute Gasteiger partial charge is 0.329 e. The molecule has 0 radical (unpaired) electrons. The second-order valence-corrected chi connectivity index (χ2v) is 5.59. The molecular formula is C19H18ClN3O3. The second-order valence-electron chi connectivity index (χ2n) is 5.15. The van der Waals surface area contributed by atoms with Crippen LogP contribution in [0, 0.1) is 0 Å². The quantitative estimate of drug-likeness (QED) is 0.340. The van der Waals surface area contributed by atoms with Crippen LogP contribution in [0.4, 0.5) is 0 Å². The number of ether oxygens (including phenoxy) is 1. The van der Waals surface area contributed by atoms with Crippen molar-refractivity contribution in [3.8, 4) is 5.75 Å². The van der Waals surface area contributed by atoms with Crippen LogP contribution in [-0.2, 0) is 16.2 Å². The first-order valence-corrected chi connectivity index (χ1v) is 8.16. The van der Waals surface area contributed by atoms with E-state index in [0.29, 0.717) is 22.9 Å². The SMILES string of the molecule is C=CCNC(=O)C(=O)N/N=C\c1ccccc1OCc1ccc(Cl)cc1. The van der Waals surface area contributed by atoms with Crippen LogP contribution >= 0.6 is 11.6 Å². The number of para-hydroxylation sites is 1. The van der Waals surface area contributed by atoms with E-state index in [2.05, 4.69) is 22.4 Å². The van der Waals surface area contributed by atoms with Crippen molar-refractivity contribution in [3.63, 3.8) is 0 Å². The minimum absolute atomic E-state index is 0.206. The predicted octanol–water partition coefficient (Wildman–Crippen LogP) is 2.67. The van der Waals surface area contributed by atoms with Crippen LogP contribution in [0.2, 0.25) is 5.02 Å². The summed E-state index contributed by atoms with van der Waals surface area (Å²) in [5.41, 5.74) is 3.79. The molecule has 0 saturated carbocycles. The predicted molar refractivity (Wildman–Crippen MR) is 101 cm³/mol. The summed E-state index contributed by atoms with van der Waals surface area (Å²) in [5.74, 6) is -1.05. The minimum Gasteiger partial charge on any atom is -0.488 e. The standard InChI is InChI=1S/C19H18ClN3O3/c1-2-11-21-18(24)19(25)23-22-12-15-5-3-4-6-17(15)26-13-14-7-9-16(20)10-8-14/h2-10,12H,1,11,13H2,(H,21,24)(H,23,25)/b22-12-. The molecule has 6 nitrogen and oxygen atoms in total. The van der Waals surface area contributed by atoms with E-state index in [1.165, 1.54) is 12.3 Å². The van der Waals surface area contributed by atoms with Crippen LogP contribution in [0.3, 0.4) is 0 Å². The number of benzene rings is 2. The van der Waals surface area contributed by atoms with Crippen molar-refractivity contribution in [1.82, 2.24) is 10.7 Å². The third-order valence-electron chi connectivity index (χ3n) is 3.21. The van der Waals surface area contributed by atoms with E-state index in [0.717, 1.165) is 5.56 Å². The largest absolute Gasteiger partial charge is 0.488 e. The van der Waals surface area contributed by atoms with Crippen molar-refractivity contribution >= 4 is 29.6 Å². The molecule has 2 rings (SSSR count). The van der Waals surface area contributed by atoms with Gasteiger partial charge in [-0.05, 0) is 29.8 Å². The van der Waals surface area contributed by atoms with E-state index < -0.39 is 11.8 Å². The van der Waals surface area contributed by atoms with E-state index >= 15 is 0 Å². The van der Waals surface area contributed by atoms with Gasteiger partial charge in [-0.1, -0.05) is 41.9 Å². The molecule has 2 aromatic carbocycles. The van der Waals surface area contributed by atoms with Gasteiger partial charge in [-0.25, -0.2) is 5.43 Å². The molecule has 0 fully saturated rings. The molecule has 0 unspecified atom stereocenters. The van der Waals surface area contributed by atoms with Gasteiger partial charge in [0.15, 0.2) is 0 Å². The highest BCUT2D eigenvalue weighted by atomic mass is 35.5. The Morgan fingerprint density at radius 3 is 2.58 bits per heavy atom. The summed E-state index contributed by atoms with van der Waals surface area (Å²) < 4.78 is 5.78. The summed E-state index contributed by atoms with van der Waals surface area (Å²) in [6.45, 7) is 4.02. The topological polar surface area (TPSA) is 79.8 Å². The van der Waals surface area contributed by atoms with E-state index in [1.807, 2.05) is 24.3 Å². The van der Waals surface area contributed by atoms with Crippen LogP contribution in [0.5, 0.6) is 5.75 Å². The molecule has 2 amide bonds. The fraction of sp³-hybridized carbons (Fsp3) is 0.105. The van der Waals surface area contributed by atoms with Crippen LogP contribution < -0.4 is 15.5 Å². The Morgan fingerprint density at radius 1 is 1.12 bits per heavy atom. The molecule has 0 bridgehead atoms. The molecule has 0 aromatic heterocycles. The van der Waals surface area contributed by atoms with Crippen LogP contribution in [-0.4, -0.2) is 24.6 Å². The summed E-state index contributed by atoms with van der Waals surface area (Å²) in [6.07, 6.45) is 2.89. The Bertz CT molecular complexity index is 804. The summed E-state index contributed by atoms with van der Waals surface area (Å²) in [5, 5.41) is 6.81. The Hall–Kier alpha value is -3.12. The molecule has 2 N–H and O–H groups in total. The number of carbonyl (C=O) groups excluding carboxylic acids is 2. The number of hydrazone groups is 1. The zero-order valence-electron chi connectivity index (χ0n) is 13.9. The second kappa shape index (κ2) is 10.0. The Kier molecular flexibility index (Phi) is 7.39. The average molecular weight is 372 g/mol. The average Bonchev–Trinajstić information content (AvgIpc) is 2.66. The van der Waals surface area contributed by atoms with Crippen molar-refractivity contribution in [2.45, 2.75) is 6.61 Å². The number of nitrogens with zero attached hydrogens (tertiary/aromatic N) is 1. The Labute approximate surface area is 156 Å². The molecule has 0 aliphatic heterocycles. The number of hydrogen-bond acceptors (Lipinski definition) is 4. The number of amides is 2. The molecule has 0 saturated heterocycles. The van der Waals surface area contributed by atoms with Gasteiger partial charge in [0.05, 0.1) is 6.21 Å². The molecular weight excluding hydrogens is 354 g/mol. The first-order valence-electron chi connectivity index (χ1n) is 7.78. The maximum absolute atomic E-state index is 11.5. The lowest BCUT2D eigenvalue weighted by molar-refractivity contribution is -0.139. The van der Waals surface area contributed by atoms with E-state index in [1.54, 1.807) is 24.3 Å². The monoisotopic (exact) mass is 371 g/mol. The van der Waals surface area contributed by atoms with Crippen LogP contribution in [0.15, 0.2) is 66.3 Å². The summed E-state index contributed by atoms with van der Waals surface area (Å²) >= 11 is 5.86. The lowest BCUT2D eigenvalue weighted by Gasteiger charge is -2.09. The van der Waals surface area contributed by atoms with Crippen molar-refractivity contribution in [2.24, 2.45) is 5.10 Å². The van der Waals surface area contributed by atoms with Gasteiger partial charge in [-0.15, -0.1) is 6.58 Å². The number of nitrogens with one attached hydrogen (secondary N) is 2. The highest BCUT2D eigenvalue weighted by Gasteiger charge is 2.10. The lowest BCUT2D eigenvalue weighted by atomic mass is 10.2. The minimum atomic E-state index is -0.859. The van der Waals surface area contributed by atoms with E-state index in [9.17, 15) is 9.59 Å². The number of halogens is 1. The number of hydrogen-bond donors (Lipinski definition) is 2. The van der Waals surface area contributed by atoms with Gasteiger partial charge in [0.25, 0.3) is 0 Å². The lowest BCUT2D eigenvalue weighted by Crippen LogP contribution is -2.37. The third kappa shape index (κ3) is 6.07. The summed E-state index contributed by atoms with van der Waals surface area (Å²) in [7, 11) is 0. The normalized spacial score (nSPS) is 10.3. The molecule has 0 aliphatic rings. The summed E-state index contributed by atoms with van der Waals surface area (Å²) in [4.78, 5) is 23.0. The highest BCUT2D eigenvalue weighted by molar-refractivity contribution is 6.35. The van der Waals surface area contributed by atoms with Gasteiger partial charge in [0, 0.05) is 17.1 Å². The number of rotatable bonds is 7. The molecule has 0 atom stereocenters. The van der Waals surface area contributed by atoms with Gasteiger partial charge in [-0.2, -0.15) is 5.10 Å². The van der Waals surface area contributed by atoms with Gasteiger partial charge in [-0.3, -0.25) is 9.59 Å². The van der Waals surface area contributed by atoms with Crippen molar-refractivity contribution < 1.29 is 14.3 Å². The molecule has 0 heterocycles. The van der Waals surface area contributed by atoms with Crippen LogP contribution in [0.1, 0.15) is 11.1 Å². The number of carbonyl (C=O) groups is 2. The van der Waals surface area contributed by atoms with E-state index in [4.69, 9.17) is 16.3 Å². The first-order chi connectivity index (χ1) is 12.6. The fourth-order valence-electron chi connectivity index (χ4n) is 1.92.